The number of carboxylic acids is 1. The Morgan fingerprint density at radius 3 is 2.61 bits per heavy atom. The van der Waals surface area contributed by atoms with Crippen molar-refractivity contribution in [3.63, 3.8) is 0 Å². The number of para-hydroxylation sites is 1. The van der Waals surface area contributed by atoms with Crippen LogP contribution in [0.15, 0.2) is 28.7 Å². The molecule has 1 aromatic heterocycles. The van der Waals surface area contributed by atoms with Crippen molar-refractivity contribution in [3.8, 4) is 0 Å². The van der Waals surface area contributed by atoms with Crippen LogP contribution >= 0.6 is 0 Å². The average molecular weight is 247 g/mol. The smallest absolute Gasteiger partial charge is 0.325 e. The van der Waals surface area contributed by atoms with E-state index < -0.39 is 17.9 Å². The van der Waals surface area contributed by atoms with E-state index in [-0.39, 0.29) is 5.76 Å². The molecule has 1 heterocycles. The van der Waals surface area contributed by atoms with Crippen molar-refractivity contribution in [2.45, 2.75) is 19.9 Å². The van der Waals surface area contributed by atoms with Gasteiger partial charge in [0.1, 0.15) is 11.6 Å². The molecule has 94 valence electrons. The number of nitrogens with one attached hydrogen (secondary N) is 1. The Hall–Kier alpha value is -2.30. The first-order chi connectivity index (χ1) is 8.50. The lowest BCUT2D eigenvalue weighted by Gasteiger charge is -2.07. The third kappa shape index (κ3) is 2.07. The van der Waals surface area contributed by atoms with E-state index in [0.717, 1.165) is 5.39 Å². The SMILES string of the molecule is Cc1c(C(=O)NC(C)C(=O)O)oc2ccccc12. The van der Waals surface area contributed by atoms with Crippen LogP contribution in [-0.4, -0.2) is 23.0 Å². The predicted octanol–water partition coefficient (Wildman–Crippen LogP) is 1.94. The molecule has 0 radical (unpaired) electrons. The zero-order valence-corrected chi connectivity index (χ0v) is 10.1. The zero-order chi connectivity index (χ0) is 13.3. The molecule has 0 aliphatic carbocycles. The van der Waals surface area contributed by atoms with E-state index in [1.54, 1.807) is 13.0 Å². The van der Waals surface area contributed by atoms with Gasteiger partial charge in [0.25, 0.3) is 5.91 Å². The van der Waals surface area contributed by atoms with Gasteiger partial charge >= 0.3 is 5.97 Å². The van der Waals surface area contributed by atoms with E-state index >= 15 is 0 Å². The summed E-state index contributed by atoms with van der Waals surface area (Å²) in [5.74, 6) is -1.44. The van der Waals surface area contributed by atoms with E-state index in [4.69, 9.17) is 9.52 Å². The zero-order valence-electron chi connectivity index (χ0n) is 10.1. The largest absolute Gasteiger partial charge is 0.480 e. The van der Waals surface area contributed by atoms with Crippen LogP contribution in [0.5, 0.6) is 0 Å². The first-order valence-electron chi connectivity index (χ1n) is 5.52. The molecule has 0 saturated carbocycles. The summed E-state index contributed by atoms with van der Waals surface area (Å²) in [4.78, 5) is 22.6. The lowest BCUT2D eigenvalue weighted by atomic mass is 10.1. The summed E-state index contributed by atoms with van der Waals surface area (Å²) < 4.78 is 5.44. The van der Waals surface area contributed by atoms with Crippen molar-refractivity contribution >= 4 is 22.8 Å². The summed E-state index contributed by atoms with van der Waals surface area (Å²) in [5, 5.41) is 12.0. The quantitative estimate of drug-likeness (QED) is 0.868. The second-order valence-corrected chi connectivity index (χ2v) is 4.09. The van der Waals surface area contributed by atoms with Crippen molar-refractivity contribution in [1.82, 2.24) is 5.32 Å². The number of benzene rings is 1. The van der Waals surface area contributed by atoms with Gasteiger partial charge in [0.2, 0.25) is 0 Å². The summed E-state index contributed by atoms with van der Waals surface area (Å²) in [6.45, 7) is 3.17. The molecule has 2 N–H and O–H groups in total. The molecule has 0 bridgehead atoms. The van der Waals surface area contributed by atoms with Crippen LogP contribution in [0.1, 0.15) is 23.0 Å². The van der Waals surface area contributed by atoms with Crippen LogP contribution in [0.4, 0.5) is 0 Å². The first kappa shape index (κ1) is 12.2. The Labute approximate surface area is 103 Å². The standard InChI is InChI=1S/C13H13NO4/c1-7-9-5-3-4-6-10(9)18-11(7)12(15)14-8(2)13(16)17/h3-6,8H,1-2H3,(H,14,15)(H,16,17). The van der Waals surface area contributed by atoms with Gasteiger partial charge in [-0.05, 0) is 19.9 Å². The van der Waals surface area contributed by atoms with Crippen LogP contribution in [0, 0.1) is 6.92 Å². The molecule has 2 rings (SSSR count). The number of fused-ring (bicyclic) bond motifs is 1. The van der Waals surface area contributed by atoms with Crippen LogP contribution < -0.4 is 5.32 Å². The van der Waals surface area contributed by atoms with Gasteiger partial charge in [-0.25, -0.2) is 0 Å². The fourth-order valence-corrected chi connectivity index (χ4v) is 1.71. The van der Waals surface area contributed by atoms with Crippen molar-refractivity contribution < 1.29 is 19.1 Å². The maximum atomic E-state index is 11.9. The Bertz CT molecular complexity index is 614. The van der Waals surface area contributed by atoms with Gasteiger partial charge in [0.05, 0.1) is 0 Å². The number of amides is 1. The Morgan fingerprint density at radius 1 is 1.33 bits per heavy atom. The van der Waals surface area contributed by atoms with Gasteiger partial charge in [-0.1, -0.05) is 18.2 Å². The van der Waals surface area contributed by atoms with Crippen molar-refractivity contribution in [3.05, 3.63) is 35.6 Å². The number of aliphatic carboxylic acids is 1. The predicted molar refractivity (Wildman–Crippen MR) is 65.5 cm³/mol. The van der Waals surface area contributed by atoms with Gasteiger partial charge < -0.3 is 14.8 Å². The minimum atomic E-state index is -1.09. The number of carbonyl (C=O) groups excluding carboxylic acids is 1. The van der Waals surface area contributed by atoms with E-state index in [0.29, 0.717) is 11.1 Å². The second-order valence-electron chi connectivity index (χ2n) is 4.09. The lowest BCUT2D eigenvalue weighted by Crippen LogP contribution is -2.38. The van der Waals surface area contributed by atoms with Crippen LogP contribution in [0.3, 0.4) is 0 Å². The maximum Gasteiger partial charge on any atom is 0.325 e. The molecule has 0 fully saturated rings. The molecule has 18 heavy (non-hydrogen) atoms. The summed E-state index contributed by atoms with van der Waals surface area (Å²) >= 11 is 0. The number of hydrogen-bond acceptors (Lipinski definition) is 3. The van der Waals surface area contributed by atoms with Gasteiger partial charge in [-0.3, -0.25) is 9.59 Å². The van der Waals surface area contributed by atoms with Gasteiger partial charge in [-0.2, -0.15) is 0 Å². The molecule has 1 amide bonds. The minimum Gasteiger partial charge on any atom is -0.480 e. The molecule has 1 aromatic carbocycles. The van der Waals surface area contributed by atoms with E-state index in [2.05, 4.69) is 5.32 Å². The highest BCUT2D eigenvalue weighted by Gasteiger charge is 2.21. The Balaban J connectivity index is 2.34. The Kier molecular flexibility index (Phi) is 3.06. The van der Waals surface area contributed by atoms with Crippen LogP contribution in [0.25, 0.3) is 11.0 Å². The second kappa shape index (κ2) is 4.52. The minimum absolute atomic E-state index is 0.157. The molecular weight excluding hydrogens is 234 g/mol. The van der Waals surface area contributed by atoms with E-state index in [1.165, 1.54) is 6.92 Å². The summed E-state index contributed by atoms with van der Waals surface area (Å²) in [6.07, 6.45) is 0. The lowest BCUT2D eigenvalue weighted by molar-refractivity contribution is -0.138. The van der Waals surface area contributed by atoms with Crippen LogP contribution in [0.2, 0.25) is 0 Å². The average Bonchev–Trinajstić information content (AvgIpc) is 2.67. The van der Waals surface area contributed by atoms with Gasteiger partial charge in [0.15, 0.2) is 5.76 Å². The molecule has 0 aliphatic rings. The van der Waals surface area contributed by atoms with Crippen molar-refractivity contribution in [1.29, 1.82) is 0 Å². The molecule has 2 aromatic rings. The number of rotatable bonds is 3. The molecule has 5 nitrogen and oxygen atoms in total. The topological polar surface area (TPSA) is 79.5 Å². The fourth-order valence-electron chi connectivity index (χ4n) is 1.71. The Morgan fingerprint density at radius 2 is 2.00 bits per heavy atom. The molecule has 0 saturated heterocycles. The number of carboxylic acid groups (broad SMARTS) is 1. The highest BCUT2D eigenvalue weighted by Crippen LogP contribution is 2.24. The molecule has 0 spiro atoms. The summed E-state index contributed by atoms with van der Waals surface area (Å²) in [6, 6.07) is 6.33. The molecule has 1 unspecified atom stereocenters. The summed E-state index contributed by atoms with van der Waals surface area (Å²) in [7, 11) is 0. The van der Waals surface area contributed by atoms with Gasteiger partial charge in [-0.15, -0.1) is 0 Å². The van der Waals surface area contributed by atoms with Gasteiger partial charge in [0, 0.05) is 10.9 Å². The highest BCUT2D eigenvalue weighted by molar-refractivity contribution is 6.00. The van der Waals surface area contributed by atoms with E-state index in [1.807, 2.05) is 18.2 Å². The number of aryl methyl sites for hydroxylation is 1. The van der Waals surface area contributed by atoms with Crippen LogP contribution in [-0.2, 0) is 4.79 Å². The molecule has 0 aliphatic heterocycles. The molecule has 1 atom stereocenters. The summed E-state index contributed by atoms with van der Waals surface area (Å²) in [5.41, 5.74) is 1.32. The van der Waals surface area contributed by atoms with Crippen molar-refractivity contribution in [2.75, 3.05) is 0 Å². The normalized spacial score (nSPS) is 12.3. The first-order valence-corrected chi connectivity index (χ1v) is 5.52. The highest BCUT2D eigenvalue weighted by atomic mass is 16.4. The third-order valence-electron chi connectivity index (χ3n) is 2.77. The third-order valence-corrected chi connectivity index (χ3v) is 2.77. The molecule has 5 heteroatoms. The van der Waals surface area contributed by atoms with E-state index in [9.17, 15) is 9.59 Å². The fraction of sp³-hybridized carbons (Fsp3) is 0.231. The monoisotopic (exact) mass is 247 g/mol. The number of furan rings is 1. The van der Waals surface area contributed by atoms with Crippen molar-refractivity contribution in [2.24, 2.45) is 0 Å². The number of carbonyl (C=O) groups is 2. The maximum absolute atomic E-state index is 11.9. The number of hydrogen-bond donors (Lipinski definition) is 2. The molecular formula is C13H13NO4.